The molecule has 0 heterocycles. The van der Waals surface area contributed by atoms with Gasteiger partial charge in [-0.15, -0.1) is 0 Å². The van der Waals surface area contributed by atoms with Crippen molar-refractivity contribution < 1.29 is 26.4 Å². The lowest BCUT2D eigenvalue weighted by molar-refractivity contribution is -0.182. The first-order valence-electron chi connectivity index (χ1n) is 7.29. The number of Topliss-reactive ketones (excluding diaryl/α,β-unsaturated/α-hetero) is 1. The average Bonchev–Trinajstić information content (AvgIpc) is 2.46. The van der Waals surface area contributed by atoms with Crippen LogP contribution in [0, 0.1) is 5.92 Å². The predicted octanol–water partition coefficient (Wildman–Crippen LogP) is 3.29. The Hall–Kier alpha value is -1.41. The zero-order chi connectivity index (χ0) is 17.3. The van der Waals surface area contributed by atoms with Gasteiger partial charge in [0.15, 0.2) is 5.78 Å². The average molecular weight is 349 g/mol. The van der Waals surface area contributed by atoms with Crippen molar-refractivity contribution in [2.24, 2.45) is 5.92 Å². The zero-order valence-electron chi connectivity index (χ0n) is 12.6. The van der Waals surface area contributed by atoms with Gasteiger partial charge in [-0.05, 0) is 44.7 Å². The van der Waals surface area contributed by atoms with Gasteiger partial charge in [0.05, 0.1) is 10.8 Å². The van der Waals surface area contributed by atoms with E-state index in [-0.39, 0.29) is 36.4 Å². The van der Waals surface area contributed by atoms with Crippen LogP contribution in [0.2, 0.25) is 0 Å². The third-order valence-corrected chi connectivity index (χ3v) is 5.62. The van der Waals surface area contributed by atoms with Gasteiger partial charge in [-0.1, -0.05) is 12.1 Å². The quantitative estimate of drug-likeness (QED) is 0.849. The summed E-state index contributed by atoms with van der Waals surface area (Å²) in [5, 5.41) is 0. The van der Waals surface area contributed by atoms with E-state index in [1.165, 1.54) is 31.2 Å². The first-order chi connectivity index (χ1) is 10.6. The Kier molecular flexibility index (Phi) is 5.15. The van der Waals surface area contributed by atoms with Gasteiger partial charge in [0, 0.05) is 11.6 Å². The Labute approximate surface area is 133 Å². The van der Waals surface area contributed by atoms with E-state index in [0.29, 0.717) is 5.56 Å². The van der Waals surface area contributed by atoms with Gasteiger partial charge in [0.25, 0.3) is 0 Å². The topological polar surface area (TPSA) is 63.2 Å². The van der Waals surface area contributed by atoms with Gasteiger partial charge in [0.2, 0.25) is 10.0 Å². The van der Waals surface area contributed by atoms with E-state index in [2.05, 4.69) is 4.72 Å². The highest BCUT2D eigenvalue weighted by Gasteiger charge is 2.41. The molecule has 1 N–H and O–H groups in total. The maximum Gasteiger partial charge on any atom is 0.391 e. The van der Waals surface area contributed by atoms with Crippen LogP contribution in [-0.2, 0) is 10.0 Å². The fourth-order valence-electron chi connectivity index (χ4n) is 2.69. The summed E-state index contributed by atoms with van der Waals surface area (Å²) in [7, 11) is -3.80. The fourth-order valence-corrected chi connectivity index (χ4v) is 4.00. The first-order valence-corrected chi connectivity index (χ1v) is 8.78. The lowest BCUT2D eigenvalue weighted by atomic mass is 9.86. The number of alkyl halides is 3. The molecule has 0 spiro atoms. The summed E-state index contributed by atoms with van der Waals surface area (Å²) in [5.74, 6) is -1.52. The lowest BCUT2D eigenvalue weighted by Gasteiger charge is -2.30. The van der Waals surface area contributed by atoms with Crippen molar-refractivity contribution in [2.45, 2.75) is 49.7 Å². The number of carbonyl (C=O) groups excluding carboxylic acids is 1. The van der Waals surface area contributed by atoms with Crippen molar-refractivity contribution in [3.05, 3.63) is 29.8 Å². The molecule has 0 amide bonds. The monoisotopic (exact) mass is 349 g/mol. The second-order valence-corrected chi connectivity index (χ2v) is 7.51. The van der Waals surface area contributed by atoms with Gasteiger partial charge in [-0.2, -0.15) is 13.2 Å². The third-order valence-electron chi connectivity index (χ3n) is 4.08. The molecule has 1 saturated carbocycles. The predicted molar refractivity (Wildman–Crippen MR) is 78.6 cm³/mol. The van der Waals surface area contributed by atoms with E-state index in [9.17, 15) is 26.4 Å². The molecule has 1 aromatic rings. The molecule has 1 aliphatic carbocycles. The molecule has 2 rings (SSSR count). The van der Waals surface area contributed by atoms with Crippen molar-refractivity contribution in [2.75, 3.05) is 0 Å². The SMILES string of the molecule is CC(=O)c1ccc(S(=O)(=O)NC2CCC(C(F)(F)F)CC2)cc1. The Morgan fingerprint density at radius 3 is 2.04 bits per heavy atom. The number of rotatable bonds is 4. The molecule has 1 aromatic carbocycles. The van der Waals surface area contributed by atoms with Crippen LogP contribution in [0.3, 0.4) is 0 Å². The Morgan fingerprint density at radius 2 is 1.61 bits per heavy atom. The van der Waals surface area contributed by atoms with Crippen molar-refractivity contribution in [3.63, 3.8) is 0 Å². The van der Waals surface area contributed by atoms with Gasteiger partial charge >= 0.3 is 6.18 Å². The van der Waals surface area contributed by atoms with E-state index >= 15 is 0 Å². The van der Waals surface area contributed by atoms with Crippen LogP contribution in [0.4, 0.5) is 13.2 Å². The standard InChI is InChI=1S/C15H18F3NO3S/c1-10(20)11-2-8-14(9-3-11)23(21,22)19-13-6-4-12(5-7-13)15(16,17)18/h2-3,8-9,12-13,19H,4-7H2,1H3. The van der Waals surface area contributed by atoms with E-state index in [1.54, 1.807) is 0 Å². The molecular formula is C15H18F3NO3S. The van der Waals surface area contributed by atoms with Crippen LogP contribution < -0.4 is 4.72 Å². The van der Waals surface area contributed by atoms with E-state index in [1.807, 2.05) is 0 Å². The van der Waals surface area contributed by atoms with Gasteiger partial charge in [0.1, 0.15) is 0 Å². The number of benzene rings is 1. The van der Waals surface area contributed by atoms with Crippen LogP contribution in [0.15, 0.2) is 29.2 Å². The number of hydrogen-bond acceptors (Lipinski definition) is 3. The molecule has 1 fully saturated rings. The maximum absolute atomic E-state index is 12.6. The molecule has 8 heteroatoms. The summed E-state index contributed by atoms with van der Waals surface area (Å²) >= 11 is 0. The minimum atomic E-state index is -4.22. The number of nitrogens with one attached hydrogen (secondary N) is 1. The summed E-state index contributed by atoms with van der Waals surface area (Å²) < 4.78 is 64.8. The molecule has 4 nitrogen and oxygen atoms in total. The largest absolute Gasteiger partial charge is 0.391 e. The summed E-state index contributed by atoms with van der Waals surface area (Å²) in [6.07, 6.45) is -4.03. The number of ketones is 1. The van der Waals surface area contributed by atoms with Crippen LogP contribution in [0.25, 0.3) is 0 Å². The Balaban J connectivity index is 2.01. The lowest BCUT2D eigenvalue weighted by Crippen LogP contribution is -2.39. The zero-order valence-corrected chi connectivity index (χ0v) is 13.4. The highest BCUT2D eigenvalue weighted by molar-refractivity contribution is 7.89. The molecule has 23 heavy (non-hydrogen) atoms. The maximum atomic E-state index is 12.6. The van der Waals surface area contributed by atoms with Crippen LogP contribution in [0.1, 0.15) is 43.0 Å². The number of hydrogen-bond donors (Lipinski definition) is 1. The highest BCUT2D eigenvalue weighted by atomic mass is 32.2. The van der Waals surface area contributed by atoms with Crippen molar-refractivity contribution in [1.29, 1.82) is 0 Å². The summed E-state index contributed by atoms with van der Waals surface area (Å²) in [6, 6.07) is 4.97. The Morgan fingerprint density at radius 1 is 1.09 bits per heavy atom. The molecule has 0 atom stereocenters. The van der Waals surface area contributed by atoms with Gasteiger partial charge in [-0.25, -0.2) is 13.1 Å². The van der Waals surface area contributed by atoms with Crippen LogP contribution in [0.5, 0.6) is 0 Å². The molecule has 0 radical (unpaired) electrons. The van der Waals surface area contributed by atoms with E-state index in [0.717, 1.165) is 0 Å². The normalized spacial score (nSPS) is 22.8. The molecule has 0 saturated heterocycles. The molecule has 0 unspecified atom stereocenters. The minimum Gasteiger partial charge on any atom is -0.295 e. The van der Waals surface area contributed by atoms with Gasteiger partial charge < -0.3 is 0 Å². The third kappa shape index (κ3) is 4.54. The number of sulfonamides is 1. The molecule has 0 aliphatic heterocycles. The summed E-state index contributed by atoms with van der Waals surface area (Å²) in [5.41, 5.74) is 0.398. The van der Waals surface area contributed by atoms with E-state index in [4.69, 9.17) is 0 Å². The van der Waals surface area contributed by atoms with Crippen molar-refractivity contribution >= 4 is 15.8 Å². The van der Waals surface area contributed by atoms with Crippen molar-refractivity contribution in [1.82, 2.24) is 4.72 Å². The van der Waals surface area contributed by atoms with Gasteiger partial charge in [-0.3, -0.25) is 4.79 Å². The minimum absolute atomic E-state index is 0.000412. The highest BCUT2D eigenvalue weighted by Crippen LogP contribution is 2.37. The number of carbonyl (C=O) groups is 1. The second-order valence-electron chi connectivity index (χ2n) is 5.79. The summed E-state index contributed by atoms with van der Waals surface area (Å²) in [4.78, 5) is 11.2. The molecule has 0 bridgehead atoms. The van der Waals surface area contributed by atoms with Crippen LogP contribution in [-0.4, -0.2) is 26.4 Å². The fraction of sp³-hybridized carbons (Fsp3) is 0.533. The molecule has 128 valence electrons. The first kappa shape index (κ1) is 17.9. The Bertz CT molecular complexity index is 660. The smallest absolute Gasteiger partial charge is 0.295 e. The second kappa shape index (κ2) is 6.60. The molecular weight excluding hydrogens is 331 g/mol. The molecule has 0 aromatic heterocycles. The number of halogens is 3. The molecule has 1 aliphatic rings. The summed E-state index contributed by atoms with van der Waals surface area (Å²) in [6.45, 7) is 1.38. The van der Waals surface area contributed by atoms with Crippen molar-refractivity contribution in [3.8, 4) is 0 Å². The van der Waals surface area contributed by atoms with E-state index < -0.39 is 28.2 Å². The van der Waals surface area contributed by atoms with Crippen LogP contribution >= 0.6 is 0 Å².